The lowest BCUT2D eigenvalue weighted by molar-refractivity contribution is 0.217. The van der Waals surface area contributed by atoms with E-state index in [0.29, 0.717) is 11.8 Å². The highest BCUT2D eigenvalue weighted by Gasteiger charge is 2.19. The minimum Gasteiger partial charge on any atom is -0.394 e. The van der Waals surface area contributed by atoms with E-state index in [0.717, 1.165) is 23.7 Å². The topological polar surface area (TPSA) is 59.1 Å². The van der Waals surface area contributed by atoms with Crippen LogP contribution >= 0.6 is 0 Å². The maximum Gasteiger partial charge on any atom is 0.147 e. The summed E-state index contributed by atoms with van der Waals surface area (Å²) in [6, 6.07) is 0. The Labute approximate surface area is 116 Å². The number of aromatic nitrogens is 2. The highest BCUT2D eigenvalue weighted by atomic mass is 15.3. The second-order valence-electron chi connectivity index (χ2n) is 6.08. The van der Waals surface area contributed by atoms with Gasteiger partial charge in [-0.15, -0.1) is 0 Å². The lowest BCUT2D eigenvalue weighted by Gasteiger charge is -2.29. The predicted molar refractivity (Wildman–Crippen MR) is 80.4 cm³/mol. The van der Waals surface area contributed by atoms with Crippen LogP contribution in [0.4, 0.5) is 11.5 Å². The van der Waals surface area contributed by atoms with Gasteiger partial charge in [0.05, 0.1) is 11.4 Å². The summed E-state index contributed by atoms with van der Waals surface area (Å²) in [4.78, 5) is 2.40. The van der Waals surface area contributed by atoms with E-state index in [1.807, 2.05) is 11.7 Å². The first kappa shape index (κ1) is 14.2. The zero-order chi connectivity index (χ0) is 14.0. The zero-order valence-electron chi connectivity index (χ0n) is 12.6. The van der Waals surface area contributed by atoms with E-state index >= 15 is 0 Å². The van der Waals surface area contributed by atoms with E-state index in [-0.39, 0.29) is 0 Å². The molecule has 1 atom stereocenters. The van der Waals surface area contributed by atoms with Crippen molar-refractivity contribution in [1.29, 1.82) is 0 Å². The number of nitrogen functional groups attached to an aromatic ring is 1. The molecular weight excluding hydrogens is 238 g/mol. The van der Waals surface area contributed by atoms with Gasteiger partial charge in [-0.2, -0.15) is 5.10 Å². The highest BCUT2D eigenvalue weighted by molar-refractivity contribution is 5.65. The van der Waals surface area contributed by atoms with Crippen LogP contribution < -0.4 is 11.1 Å². The predicted octanol–water partition coefficient (Wildman–Crippen LogP) is 1.88. The van der Waals surface area contributed by atoms with E-state index in [9.17, 15) is 0 Å². The molecule has 2 rings (SSSR count). The smallest absolute Gasteiger partial charge is 0.147 e. The number of hydrogen-bond acceptors (Lipinski definition) is 4. The summed E-state index contributed by atoms with van der Waals surface area (Å²) in [5, 5.41) is 8.00. The van der Waals surface area contributed by atoms with Crippen molar-refractivity contribution in [2.75, 3.05) is 37.7 Å². The average molecular weight is 265 g/mol. The minimum atomic E-state index is 0.363. The van der Waals surface area contributed by atoms with Crippen molar-refractivity contribution in [2.24, 2.45) is 13.0 Å². The standard InChI is InChI=1S/C14H27N5/c1-10(2)13-12(15)14(19(4)17-13)16-8-11-6-5-7-18(3)9-11/h10-11,16H,5-9,15H2,1-4H3. The van der Waals surface area contributed by atoms with Crippen molar-refractivity contribution in [3.63, 3.8) is 0 Å². The Hall–Kier alpha value is -1.23. The molecule has 108 valence electrons. The third kappa shape index (κ3) is 3.21. The molecule has 1 aliphatic heterocycles. The molecule has 1 unspecified atom stereocenters. The first-order valence-corrected chi connectivity index (χ1v) is 7.23. The lowest BCUT2D eigenvalue weighted by Crippen LogP contribution is -2.35. The van der Waals surface area contributed by atoms with Gasteiger partial charge in [0.25, 0.3) is 0 Å². The summed E-state index contributed by atoms with van der Waals surface area (Å²) < 4.78 is 1.87. The number of anilines is 2. The molecule has 1 fully saturated rings. The number of aryl methyl sites for hydroxylation is 1. The van der Waals surface area contributed by atoms with Crippen LogP contribution in [-0.4, -0.2) is 41.4 Å². The molecule has 5 heteroatoms. The summed E-state index contributed by atoms with van der Waals surface area (Å²) in [5.74, 6) is 2.04. The third-order valence-electron chi connectivity index (χ3n) is 3.94. The van der Waals surface area contributed by atoms with Crippen LogP contribution in [0.5, 0.6) is 0 Å². The number of nitrogens with one attached hydrogen (secondary N) is 1. The Balaban J connectivity index is 1.99. The summed E-state index contributed by atoms with van der Waals surface area (Å²) in [7, 11) is 4.15. The molecule has 1 aromatic rings. The van der Waals surface area contributed by atoms with E-state index < -0.39 is 0 Å². The summed E-state index contributed by atoms with van der Waals surface area (Å²) >= 11 is 0. The zero-order valence-corrected chi connectivity index (χ0v) is 12.6. The van der Waals surface area contributed by atoms with Crippen LogP contribution in [0.15, 0.2) is 0 Å². The number of hydrogen-bond donors (Lipinski definition) is 2. The van der Waals surface area contributed by atoms with Gasteiger partial charge < -0.3 is 16.0 Å². The van der Waals surface area contributed by atoms with E-state index in [1.165, 1.54) is 25.9 Å². The fourth-order valence-corrected chi connectivity index (χ4v) is 2.88. The SMILES string of the molecule is CC(C)c1nn(C)c(NCC2CCCN(C)C2)c1N. The van der Waals surface area contributed by atoms with Crippen molar-refractivity contribution in [3.8, 4) is 0 Å². The second-order valence-corrected chi connectivity index (χ2v) is 6.08. The number of nitrogens with zero attached hydrogens (tertiary/aromatic N) is 3. The maximum absolute atomic E-state index is 6.19. The maximum atomic E-state index is 6.19. The van der Waals surface area contributed by atoms with Gasteiger partial charge in [-0.1, -0.05) is 13.8 Å². The van der Waals surface area contributed by atoms with E-state index in [4.69, 9.17) is 5.73 Å². The van der Waals surface area contributed by atoms with Crippen LogP contribution in [0, 0.1) is 5.92 Å². The Morgan fingerprint density at radius 2 is 2.16 bits per heavy atom. The van der Waals surface area contributed by atoms with E-state index in [2.05, 4.69) is 36.2 Å². The monoisotopic (exact) mass is 265 g/mol. The molecule has 0 amide bonds. The first-order valence-electron chi connectivity index (χ1n) is 7.23. The molecule has 0 bridgehead atoms. The van der Waals surface area contributed by atoms with Crippen molar-refractivity contribution in [2.45, 2.75) is 32.6 Å². The molecular formula is C14H27N5. The first-order chi connectivity index (χ1) is 8.99. The fourth-order valence-electron chi connectivity index (χ4n) is 2.88. The van der Waals surface area contributed by atoms with Crippen molar-refractivity contribution >= 4 is 11.5 Å². The second kappa shape index (κ2) is 5.82. The largest absolute Gasteiger partial charge is 0.394 e. The van der Waals surface area contributed by atoms with E-state index in [1.54, 1.807) is 0 Å². The van der Waals surface area contributed by atoms with Gasteiger partial charge in [0.1, 0.15) is 5.82 Å². The van der Waals surface area contributed by atoms with Gasteiger partial charge >= 0.3 is 0 Å². The Morgan fingerprint density at radius 1 is 1.42 bits per heavy atom. The molecule has 1 aliphatic rings. The van der Waals surface area contributed by atoms with Gasteiger partial charge in [-0.25, -0.2) is 0 Å². The molecule has 3 N–H and O–H groups in total. The van der Waals surface area contributed by atoms with Crippen molar-refractivity contribution < 1.29 is 0 Å². The summed E-state index contributed by atoms with van der Waals surface area (Å²) in [6.07, 6.45) is 2.59. The van der Waals surface area contributed by atoms with Crippen LogP contribution in [0.1, 0.15) is 38.3 Å². The quantitative estimate of drug-likeness (QED) is 0.872. The fraction of sp³-hybridized carbons (Fsp3) is 0.786. The number of nitrogens with two attached hydrogens (primary N) is 1. The van der Waals surface area contributed by atoms with Crippen LogP contribution in [0.25, 0.3) is 0 Å². The van der Waals surface area contributed by atoms with Crippen LogP contribution in [0.3, 0.4) is 0 Å². The molecule has 0 spiro atoms. The summed E-state index contributed by atoms with van der Waals surface area (Å²) in [5.41, 5.74) is 7.99. The molecule has 1 saturated heterocycles. The highest BCUT2D eigenvalue weighted by Crippen LogP contribution is 2.28. The number of likely N-dealkylation sites (tertiary alicyclic amines) is 1. The molecule has 19 heavy (non-hydrogen) atoms. The van der Waals surface area contributed by atoms with Gasteiger partial charge in [-0.3, -0.25) is 4.68 Å². The van der Waals surface area contributed by atoms with Gasteiger partial charge in [0, 0.05) is 20.1 Å². The Bertz CT molecular complexity index is 424. The van der Waals surface area contributed by atoms with Crippen molar-refractivity contribution in [1.82, 2.24) is 14.7 Å². The minimum absolute atomic E-state index is 0.363. The summed E-state index contributed by atoms with van der Waals surface area (Å²) in [6.45, 7) is 7.62. The lowest BCUT2D eigenvalue weighted by atomic mass is 9.98. The van der Waals surface area contributed by atoms with Gasteiger partial charge in [0.2, 0.25) is 0 Å². The van der Waals surface area contributed by atoms with Crippen LogP contribution in [-0.2, 0) is 7.05 Å². The molecule has 2 heterocycles. The average Bonchev–Trinajstić information content (AvgIpc) is 2.63. The molecule has 5 nitrogen and oxygen atoms in total. The number of rotatable bonds is 4. The molecule has 0 radical (unpaired) electrons. The van der Waals surface area contributed by atoms with Crippen LogP contribution in [0.2, 0.25) is 0 Å². The molecule has 1 aromatic heterocycles. The Morgan fingerprint density at radius 3 is 2.74 bits per heavy atom. The molecule has 0 aromatic carbocycles. The van der Waals surface area contributed by atoms with Crippen molar-refractivity contribution in [3.05, 3.63) is 5.69 Å². The molecule has 0 aliphatic carbocycles. The van der Waals surface area contributed by atoms with Gasteiger partial charge in [0.15, 0.2) is 0 Å². The third-order valence-corrected chi connectivity index (χ3v) is 3.94. The van der Waals surface area contributed by atoms with Gasteiger partial charge in [-0.05, 0) is 38.3 Å². The normalized spacial score (nSPS) is 21.0. The number of piperidine rings is 1. The molecule has 0 saturated carbocycles. The Kier molecular flexibility index (Phi) is 4.34.